The van der Waals surface area contributed by atoms with E-state index < -0.39 is 5.82 Å². The molecule has 0 bridgehead atoms. The van der Waals surface area contributed by atoms with Gasteiger partial charge in [0.05, 0.1) is 12.6 Å². The molecule has 0 spiro atoms. The van der Waals surface area contributed by atoms with Crippen molar-refractivity contribution in [2.24, 2.45) is 0 Å². The Morgan fingerprint density at radius 2 is 2.33 bits per heavy atom. The van der Waals surface area contributed by atoms with E-state index in [0.29, 0.717) is 11.3 Å². The number of piperidine rings is 1. The van der Waals surface area contributed by atoms with E-state index in [1.807, 2.05) is 10.9 Å². The van der Waals surface area contributed by atoms with E-state index in [1.165, 1.54) is 12.1 Å². The van der Waals surface area contributed by atoms with Crippen LogP contribution in [0.3, 0.4) is 0 Å². The fourth-order valence-electron chi connectivity index (χ4n) is 2.82. The number of amides is 1. The standard InChI is InChI=1S/C17H21FN4O2/c18-15-8-12(3-4-13(15)11-23)9-20-17(24)16-5-7-22(21-16)14-2-1-6-19-10-14/h3-5,7-8,14,19,23H,1-2,6,9-11H2,(H,20,24). The quantitative estimate of drug-likeness (QED) is 0.773. The van der Waals surface area contributed by atoms with Crippen molar-refractivity contribution in [3.8, 4) is 0 Å². The van der Waals surface area contributed by atoms with Gasteiger partial charge in [-0.15, -0.1) is 0 Å². The summed E-state index contributed by atoms with van der Waals surface area (Å²) in [4.78, 5) is 12.2. The van der Waals surface area contributed by atoms with Crippen LogP contribution in [0.2, 0.25) is 0 Å². The summed E-state index contributed by atoms with van der Waals surface area (Å²) in [5.41, 5.74) is 1.23. The maximum absolute atomic E-state index is 13.6. The second kappa shape index (κ2) is 7.55. The van der Waals surface area contributed by atoms with Gasteiger partial charge in [-0.25, -0.2) is 4.39 Å². The summed E-state index contributed by atoms with van der Waals surface area (Å²) < 4.78 is 15.4. The molecular formula is C17H21FN4O2. The Kier molecular flexibility index (Phi) is 5.22. The van der Waals surface area contributed by atoms with Gasteiger partial charge >= 0.3 is 0 Å². The van der Waals surface area contributed by atoms with Crippen LogP contribution in [0, 0.1) is 5.82 Å². The Morgan fingerprint density at radius 1 is 1.46 bits per heavy atom. The molecule has 0 saturated carbocycles. The number of hydrogen-bond acceptors (Lipinski definition) is 4. The molecule has 0 radical (unpaired) electrons. The van der Waals surface area contributed by atoms with Gasteiger partial charge in [-0.2, -0.15) is 5.10 Å². The smallest absolute Gasteiger partial charge is 0.272 e. The molecule has 1 amide bonds. The van der Waals surface area contributed by atoms with Crippen LogP contribution in [0.25, 0.3) is 0 Å². The fourth-order valence-corrected chi connectivity index (χ4v) is 2.82. The molecule has 128 valence electrons. The number of hydrogen-bond donors (Lipinski definition) is 3. The third-order valence-electron chi connectivity index (χ3n) is 4.23. The average molecular weight is 332 g/mol. The average Bonchev–Trinajstić information content (AvgIpc) is 3.11. The molecule has 3 rings (SSSR count). The molecule has 1 saturated heterocycles. The van der Waals surface area contributed by atoms with Crippen LogP contribution in [0.15, 0.2) is 30.5 Å². The van der Waals surface area contributed by atoms with Crippen LogP contribution >= 0.6 is 0 Å². The minimum Gasteiger partial charge on any atom is -0.392 e. The predicted molar refractivity (Wildman–Crippen MR) is 86.9 cm³/mol. The van der Waals surface area contributed by atoms with E-state index in [2.05, 4.69) is 15.7 Å². The number of carbonyl (C=O) groups excluding carboxylic acids is 1. The number of benzene rings is 1. The Balaban J connectivity index is 1.59. The van der Waals surface area contributed by atoms with Gasteiger partial charge in [-0.3, -0.25) is 9.48 Å². The summed E-state index contributed by atoms with van der Waals surface area (Å²) in [6, 6.07) is 6.49. The van der Waals surface area contributed by atoms with Crippen molar-refractivity contribution in [2.75, 3.05) is 13.1 Å². The minimum absolute atomic E-state index is 0.208. The zero-order chi connectivity index (χ0) is 16.9. The molecule has 1 aromatic carbocycles. The van der Waals surface area contributed by atoms with Crippen molar-refractivity contribution in [3.63, 3.8) is 0 Å². The van der Waals surface area contributed by atoms with Gasteiger partial charge in [0.2, 0.25) is 0 Å². The first-order valence-corrected chi connectivity index (χ1v) is 8.09. The molecule has 2 heterocycles. The number of halogens is 1. The Hall–Kier alpha value is -2.25. The lowest BCUT2D eigenvalue weighted by Gasteiger charge is -2.22. The molecule has 1 atom stereocenters. The lowest BCUT2D eigenvalue weighted by atomic mass is 10.1. The predicted octanol–water partition coefficient (Wildman–Crippen LogP) is 1.37. The summed E-state index contributed by atoms with van der Waals surface area (Å²) in [6.45, 7) is 1.75. The molecule has 2 aromatic rings. The SMILES string of the molecule is O=C(NCc1ccc(CO)c(F)c1)c1ccn(C2CCCNC2)n1. The lowest BCUT2D eigenvalue weighted by molar-refractivity contribution is 0.0944. The van der Waals surface area contributed by atoms with Crippen molar-refractivity contribution in [3.05, 3.63) is 53.1 Å². The Labute approximate surface area is 139 Å². The Bertz CT molecular complexity index is 710. The highest BCUT2D eigenvalue weighted by Gasteiger charge is 2.17. The molecule has 1 aliphatic heterocycles. The van der Waals surface area contributed by atoms with Crippen LogP contribution in [0.4, 0.5) is 4.39 Å². The zero-order valence-electron chi connectivity index (χ0n) is 13.3. The van der Waals surface area contributed by atoms with Gasteiger partial charge in [0, 0.05) is 24.8 Å². The first-order valence-electron chi connectivity index (χ1n) is 8.09. The van der Waals surface area contributed by atoms with E-state index in [0.717, 1.165) is 25.9 Å². The van der Waals surface area contributed by atoms with Gasteiger partial charge in [0.25, 0.3) is 5.91 Å². The summed E-state index contributed by atoms with van der Waals surface area (Å²) in [5.74, 6) is -0.762. The molecule has 6 nitrogen and oxygen atoms in total. The molecule has 0 aliphatic carbocycles. The van der Waals surface area contributed by atoms with Crippen molar-refractivity contribution >= 4 is 5.91 Å². The summed E-state index contributed by atoms with van der Waals surface area (Å²) in [6.07, 6.45) is 3.97. The normalized spacial score (nSPS) is 17.7. The topological polar surface area (TPSA) is 79.2 Å². The number of nitrogens with zero attached hydrogens (tertiary/aromatic N) is 2. The number of aliphatic hydroxyl groups excluding tert-OH is 1. The molecule has 1 aliphatic rings. The van der Waals surface area contributed by atoms with E-state index in [1.54, 1.807) is 12.1 Å². The highest BCUT2D eigenvalue weighted by Crippen LogP contribution is 2.16. The summed E-state index contributed by atoms with van der Waals surface area (Å²) >= 11 is 0. The maximum atomic E-state index is 13.6. The number of aromatic nitrogens is 2. The number of rotatable bonds is 5. The second-order valence-electron chi connectivity index (χ2n) is 5.95. The summed E-state index contributed by atoms with van der Waals surface area (Å²) in [5, 5.41) is 19.4. The van der Waals surface area contributed by atoms with Gasteiger partial charge in [-0.05, 0) is 37.1 Å². The molecule has 1 unspecified atom stereocenters. The van der Waals surface area contributed by atoms with Crippen LogP contribution < -0.4 is 10.6 Å². The van der Waals surface area contributed by atoms with Crippen LogP contribution in [0.1, 0.15) is 40.5 Å². The lowest BCUT2D eigenvalue weighted by Crippen LogP contribution is -2.32. The fraction of sp³-hybridized carbons (Fsp3) is 0.412. The van der Waals surface area contributed by atoms with Crippen LogP contribution in [0.5, 0.6) is 0 Å². The molecule has 7 heteroatoms. The van der Waals surface area contributed by atoms with Gasteiger partial charge in [0.15, 0.2) is 0 Å². The zero-order valence-corrected chi connectivity index (χ0v) is 13.3. The summed E-state index contributed by atoms with van der Waals surface area (Å²) in [7, 11) is 0. The Morgan fingerprint density at radius 3 is 3.04 bits per heavy atom. The van der Waals surface area contributed by atoms with E-state index in [4.69, 9.17) is 5.11 Å². The molecule has 3 N–H and O–H groups in total. The minimum atomic E-state index is -0.474. The van der Waals surface area contributed by atoms with Crippen molar-refractivity contribution in [1.82, 2.24) is 20.4 Å². The van der Waals surface area contributed by atoms with Gasteiger partial charge in [0.1, 0.15) is 11.5 Å². The van der Waals surface area contributed by atoms with Crippen LogP contribution in [-0.4, -0.2) is 33.9 Å². The molecule has 1 fully saturated rings. The van der Waals surface area contributed by atoms with Crippen molar-refractivity contribution in [1.29, 1.82) is 0 Å². The first-order chi connectivity index (χ1) is 11.7. The molecule has 24 heavy (non-hydrogen) atoms. The third-order valence-corrected chi connectivity index (χ3v) is 4.23. The maximum Gasteiger partial charge on any atom is 0.272 e. The van der Waals surface area contributed by atoms with E-state index in [9.17, 15) is 9.18 Å². The van der Waals surface area contributed by atoms with Gasteiger partial charge in [-0.1, -0.05) is 12.1 Å². The number of aliphatic hydroxyl groups is 1. The van der Waals surface area contributed by atoms with E-state index >= 15 is 0 Å². The van der Waals surface area contributed by atoms with E-state index in [-0.39, 0.29) is 30.7 Å². The molecular weight excluding hydrogens is 311 g/mol. The van der Waals surface area contributed by atoms with Crippen LogP contribution in [-0.2, 0) is 13.2 Å². The van der Waals surface area contributed by atoms with Crippen molar-refractivity contribution < 1.29 is 14.3 Å². The van der Waals surface area contributed by atoms with Gasteiger partial charge < -0.3 is 15.7 Å². The largest absolute Gasteiger partial charge is 0.392 e. The third kappa shape index (κ3) is 3.80. The first kappa shape index (κ1) is 16.6. The number of nitrogens with one attached hydrogen (secondary N) is 2. The monoisotopic (exact) mass is 332 g/mol. The number of carbonyl (C=O) groups is 1. The molecule has 1 aromatic heterocycles. The second-order valence-corrected chi connectivity index (χ2v) is 5.95. The van der Waals surface area contributed by atoms with Crippen molar-refractivity contribution in [2.45, 2.75) is 32.0 Å². The highest BCUT2D eigenvalue weighted by atomic mass is 19.1. The highest BCUT2D eigenvalue weighted by molar-refractivity contribution is 5.92.